The highest BCUT2D eigenvalue weighted by Gasteiger charge is 2.25. The Kier molecular flexibility index (Phi) is 3.80. The second-order valence-electron chi connectivity index (χ2n) is 6.14. The van der Waals surface area contributed by atoms with Crippen LogP contribution in [-0.2, 0) is 13.6 Å². The summed E-state index contributed by atoms with van der Waals surface area (Å²) in [5, 5.41) is 10.3. The number of hydrogen-bond acceptors (Lipinski definition) is 4. The predicted octanol–water partition coefficient (Wildman–Crippen LogP) is 3.16. The van der Waals surface area contributed by atoms with E-state index in [0.29, 0.717) is 23.7 Å². The van der Waals surface area contributed by atoms with Crippen LogP contribution in [0.15, 0.2) is 34.4 Å². The third-order valence-corrected chi connectivity index (χ3v) is 5.43. The van der Waals surface area contributed by atoms with Crippen LogP contribution < -0.4 is 4.87 Å². The molecule has 0 aliphatic heterocycles. The van der Waals surface area contributed by atoms with E-state index in [4.69, 9.17) is 0 Å². The first-order valence-electron chi connectivity index (χ1n) is 7.96. The van der Waals surface area contributed by atoms with E-state index in [9.17, 15) is 9.18 Å². The molecule has 1 fully saturated rings. The van der Waals surface area contributed by atoms with Crippen molar-refractivity contribution >= 4 is 11.3 Å². The topological polar surface area (TPSA) is 52.7 Å². The molecule has 0 atom stereocenters. The Morgan fingerprint density at radius 2 is 2.17 bits per heavy atom. The van der Waals surface area contributed by atoms with Crippen LogP contribution in [0.2, 0.25) is 0 Å². The van der Waals surface area contributed by atoms with Crippen LogP contribution >= 0.6 is 11.3 Å². The van der Waals surface area contributed by atoms with Gasteiger partial charge in [-0.1, -0.05) is 29.9 Å². The van der Waals surface area contributed by atoms with Crippen molar-refractivity contribution in [3.63, 3.8) is 0 Å². The summed E-state index contributed by atoms with van der Waals surface area (Å²) in [5.74, 6) is 1.91. The smallest absolute Gasteiger partial charge is 0.307 e. The minimum Gasteiger partial charge on any atom is -0.316 e. The minimum atomic E-state index is -0.316. The summed E-state index contributed by atoms with van der Waals surface area (Å²) in [6.07, 6.45) is 3.54. The molecule has 0 bridgehead atoms. The van der Waals surface area contributed by atoms with Gasteiger partial charge in [0.15, 0.2) is 5.82 Å². The molecule has 1 aromatic carbocycles. The molecule has 7 heteroatoms. The highest BCUT2D eigenvalue weighted by atomic mass is 32.1. The molecule has 24 heavy (non-hydrogen) atoms. The van der Waals surface area contributed by atoms with Crippen molar-refractivity contribution < 1.29 is 4.39 Å². The Hall–Kier alpha value is -2.28. The van der Waals surface area contributed by atoms with Crippen molar-refractivity contribution in [1.29, 1.82) is 0 Å². The van der Waals surface area contributed by atoms with Gasteiger partial charge in [0, 0.05) is 23.9 Å². The monoisotopic (exact) mass is 344 g/mol. The molecule has 0 spiro atoms. The van der Waals surface area contributed by atoms with Crippen LogP contribution in [0.5, 0.6) is 0 Å². The van der Waals surface area contributed by atoms with Crippen LogP contribution in [0, 0.1) is 5.82 Å². The van der Waals surface area contributed by atoms with Gasteiger partial charge in [0.1, 0.15) is 11.6 Å². The molecule has 5 nitrogen and oxygen atoms in total. The molecule has 0 unspecified atom stereocenters. The zero-order valence-electron chi connectivity index (χ0n) is 13.3. The minimum absolute atomic E-state index is 0.0811. The van der Waals surface area contributed by atoms with Crippen LogP contribution in [-0.4, -0.2) is 19.3 Å². The fourth-order valence-corrected chi connectivity index (χ4v) is 3.80. The number of halogens is 1. The molecule has 1 aliphatic carbocycles. The van der Waals surface area contributed by atoms with Crippen LogP contribution in [0.25, 0.3) is 11.3 Å². The maximum Gasteiger partial charge on any atom is 0.307 e. The first-order valence-corrected chi connectivity index (χ1v) is 8.84. The van der Waals surface area contributed by atoms with E-state index in [1.165, 1.54) is 18.6 Å². The SMILES string of the molecule is Cn1c(Cn2c(-c3cccc(F)c3)csc2=O)nnc1C1CCC1. The Morgan fingerprint density at radius 3 is 2.88 bits per heavy atom. The van der Waals surface area contributed by atoms with Gasteiger partial charge < -0.3 is 4.57 Å². The zero-order valence-corrected chi connectivity index (χ0v) is 14.1. The lowest BCUT2D eigenvalue weighted by atomic mass is 9.85. The molecular formula is C17H17FN4OS. The first-order chi connectivity index (χ1) is 11.6. The first kappa shape index (κ1) is 15.3. The summed E-state index contributed by atoms with van der Waals surface area (Å²) in [7, 11) is 1.95. The number of aromatic nitrogens is 4. The fourth-order valence-electron chi connectivity index (χ4n) is 3.03. The normalized spacial score (nSPS) is 14.8. The van der Waals surface area contributed by atoms with Gasteiger partial charge in [0.2, 0.25) is 0 Å². The summed E-state index contributed by atoms with van der Waals surface area (Å²) in [5.41, 5.74) is 1.40. The zero-order chi connectivity index (χ0) is 16.7. The largest absolute Gasteiger partial charge is 0.316 e. The number of benzene rings is 1. The summed E-state index contributed by atoms with van der Waals surface area (Å²) >= 11 is 1.11. The van der Waals surface area contributed by atoms with Crippen molar-refractivity contribution in [3.05, 3.63) is 56.8 Å². The van der Waals surface area contributed by atoms with Crippen LogP contribution in [0.3, 0.4) is 0 Å². The van der Waals surface area contributed by atoms with E-state index in [-0.39, 0.29) is 10.7 Å². The van der Waals surface area contributed by atoms with Gasteiger partial charge in [-0.05, 0) is 25.0 Å². The molecule has 0 radical (unpaired) electrons. The summed E-state index contributed by atoms with van der Waals surface area (Å²) < 4.78 is 17.1. The lowest BCUT2D eigenvalue weighted by Gasteiger charge is -2.24. The quantitative estimate of drug-likeness (QED) is 0.730. The molecule has 1 saturated carbocycles. The highest BCUT2D eigenvalue weighted by Crippen LogP contribution is 2.35. The number of thiazole rings is 1. The Morgan fingerprint density at radius 1 is 1.33 bits per heavy atom. The Bertz CT molecular complexity index is 938. The van der Waals surface area contributed by atoms with E-state index < -0.39 is 0 Å². The number of hydrogen-bond donors (Lipinski definition) is 0. The van der Waals surface area contributed by atoms with Gasteiger partial charge in [0.05, 0.1) is 12.2 Å². The molecule has 1 aliphatic rings. The summed E-state index contributed by atoms with van der Waals surface area (Å²) in [6.45, 7) is 0.338. The average molecular weight is 344 g/mol. The molecular weight excluding hydrogens is 327 g/mol. The van der Waals surface area contributed by atoms with Crippen molar-refractivity contribution in [3.8, 4) is 11.3 Å². The molecule has 0 amide bonds. The third kappa shape index (κ3) is 2.58. The Labute approximate surface area is 142 Å². The second-order valence-corrected chi connectivity index (χ2v) is 6.97. The second kappa shape index (κ2) is 5.98. The van der Waals surface area contributed by atoms with Crippen LogP contribution in [0.1, 0.15) is 36.8 Å². The van der Waals surface area contributed by atoms with Gasteiger partial charge in [-0.2, -0.15) is 0 Å². The summed E-state index contributed by atoms with van der Waals surface area (Å²) in [6, 6.07) is 6.28. The molecule has 3 aromatic rings. The van der Waals surface area contributed by atoms with E-state index in [2.05, 4.69) is 10.2 Å². The fraction of sp³-hybridized carbons (Fsp3) is 0.353. The van der Waals surface area contributed by atoms with Crippen molar-refractivity contribution in [2.75, 3.05) is 0 Å². The van der Waals surface area contributed by atoms with Gasteiger partial charge in [-0.25, -0.2) is 4.39 Å². The van der Waals surface area contributed by atoms with Crippen molar-refractivity contribution in [1.82, 2.24) is 19.3 Å². The standard InChI is InChI=1S/C17H17FN4OS/c1-21-15(19-20-16(21)11-4-2-5-11)9-22-14(10-24-17(22)23)12-6-3-7-13(18)8-12/h3,6-8,10-11H,2,4-5,9H2,1H3. The highest BCUT2D eigenvalue weighted by molar-refractivity contribution is 7.07. The van der Waals surface area contributed by atoms with E-state index in [0.717, 1.165) is 35.8 Å². The van der Waals surface area contributed by atoms with Crippen molar-refractivity contribution in [2.24, 2.45) is 7.05 Å². The van der Waals surface area contributed by atoms with E-state index in [1.54, 1.807) is 22.1 Å². The lowest BCUT2D eigenvalue weighted by molar-refractivity contribution is 0.391. The lowest BCUT2D eigenvalue weighted by Crippen LogP contribution is -2.19. The maximum atomic E-state index is 13.5. The van der Waals surface area contributed by atoms with Gasteiger partial charge in [0.25, 0.3) is 0 Å². The van der Waals surface area contributed by atoms with E-state index >= 15 is 0 Å². The molecule has 2 heterocycles. The summed E-state index contributed by atoms with van der Waals surface area (Å²) in [4.78, 5) is 12.2. The van der Waals surface area contributed by atoms with Gasteiger partial charge in [-0.15, -0.1) is 10.2 Å². The van der Waals surface area contributed by atoms with Gasteiger partial charge in [-0.3, -0.25) is 9.36 Å². The van der Waals surface area contributed by atoms with E-state index in [1.807, 2.05) is 11.6 Å². The maximum absolute atomic E-state index is 13.5. The van der Waals surface area contributed by atoms with Crippen molar-refractivity contribution in [2.45, 2.75) is 31.7 Å². The molecule has 0 saturated heterocycles. The number of nitrogens with zero attached hydrogens (tertiary/aromatic N) is 4. The van der Waals surface area contributed by atoms with Crippen LogP contribution in [0.4, 0.5) is 4.39 Å². The van der Waals surface area contributed by atoms with Gasteiger partial charge >= 0.3 is 4.87 Å². The third-order valence-electron chi connectivity index (χ3n) is 4.67. The average Bonchev–Trinajstić information content (AvgIpc) is 3.04. The predicted molar refractivity (Wildman–Crippen MR) is 90.7 cm³/mol. The molecule has 2 aromatic heterocycles. The number of rotatable bonds is 4. The molecule has 4 rings (SSSR count). The molecule has 124 valence electrons. The Balaban J connectivity index is 1.69. The molecule has 0 N–H and O–H groups in total.